The molecule has 0 fully saturated rings. The van der Waals surface area contributed by atoms with Crippen molar-refractivity contribution in [2.75, 3.05) is 6.54 Å². The van der Waals surface area contributed by atoms with E-state index in [4.69, 9.17) is 0 Å². The van der Waals surface area contributed by atoms with Gasteiger partial charge in [-0.25, -0.2) is 0 Å². The highest BCUT2D eigenvalue weighted by molar-refractivity contribution is 9.10. The van der Waals surface area contributed by atoms with Crippen LogP contribution in [0.1, 0.15) is 23.7 Å². The van der Waals surface area contributed by atoms with Crippen LogP contribution in [0.5, 0.6) is 5.75 Å². The van der Waals surface area contributed by atoms with Gasteiger partial charge in [-0.15, -0.1) is 13.2 Å². The molecule has 3 nitrogen and oxygen atoms in total. The molecule has 0 aliphatic carbocycles. The average Bonchev–Trinajstić information content (AvgIpc) is 2.24. The van der Waals surface area contributed by atoms with E-state index in [1.165, 1.54) is 12.1 Å². The lowest BCUT2D eigenvalue weighted by molar-refractivity contribution is -0.274. The molecule has 0 aromatic heterocycles. The van der Waals surface area contributed by atoms with E-state index in [2.05, 4.69) is 26.0 Å². The van der Waals surface area contributed by atoms with E-state index in [1.807, 2.05) is 6.92 Å². The van der Waals surface area contributed by atoms with Gasteiger partial charge in [-0.1, -0.05) is 13.0 Å². The van der Waals surface area contributed by atoms with Gasteiger partial charge in [0.25, 0.3) is 5.91 Å². The van der Waals surface area contributed by atoms with Gasteiger partial charge in [0.1, 0.15) is 5.75 Å². The first kappa shape index (κ1) is 14.8. The van der Waals surface area contributed by atoms with Crippen molar-refractivity contribution in [1.29, 1.82) is 0 Å². The van der Waals surface area contributed by atoms with Crippen molar-refractivity contribution in [3.05, 3.63) is 28.2 Å². The van der Waals surface area contributed by atoms with Gasteiger partial charge in [0.15, 0.2) is 0 Å². The third-order valence-electron chi connectivity index (χ3n) is 1.96. The Morgan fingerprint density at radius 1 is 1.44 bits per heavy atom. The zero-order valence-electron chi connectivity index (χ0n) is 9.47. The SMILES string of the molecule is CCCNC(=O)c1c(Br)cccc1OC(F)(F)F. The number of alkyl halides is 3. The number of halogens is 4. The topological polar surface area (TPSA) is 38.3 Å². The fourth-order valence-corrected chi connectivity index (χ4v) is 1.79. The van der Waals surface area contributed by atoms with Crippen molar-refractivity contribution >= 4 is 21.8 Å². The molecule has 100 valence electrons. The average molecular weight is 326 g/mol. The lowest BCUT2D eigenvalue weighted by atomic mass is 10.2. The molecule has 0 heterocycles. The number of nitrogens with one attached hydrogen (secondary N) is 1. The Kier molecular flexibility index (Phi) is 5.01. The van der Waals surface area contributed by atoms with E-state index in [0.29, 0.717) is 13.0 Å². The molecule has 0 atom stereocenters. The lowest BCUT2D eigenvalue weighted by Crippen LogP contribution is -2.26. The normalized spacial score (nSPS) is 11.2. The summed E-state index contributed by atoms with van der Waals surface area (Å²) in [5.74, 6) is -1.13. The van der Waals surface area contributed by atoms with Gasteiger partial charge in [0, 0.05) is 11.0 Å². The van der Waals surface area contributed by atoms with Gasteiger partial charge >= 0.3 is 6.36 Å². The van der Waals surface area contributed by atoms with Gasteiger partial charge in [0.05, 0.1) is 5.56 Å². The van der Waals surface area contributed by atoms with Crippen LogP contribution in [-0.2, 0) is 0 Å². The summed E-state index contributed by atoms with van der Waals surface area (Å²) in [6.45, 7) is 2.22. The van der Waals surface area contributed by atoms with Crippen LogP contribution in [0.2, 0.25) is 0 Å². The Hall–Kier alpha value is -1.24. The summed E-state index contributed by atoms with van der Waals surface area (Å²) in [6.07, 6.45) is -4.15. The molecule has 0 unspecified atom stereocenters. The molecule has 0 aliphatic rings. The third-order valence-corrected chi connectivity index (χ3v) is 2.62. The minimum Gasteiger partial charge on any atom is -0.405 e. The van der Waals surface area contributed by atoms with E-state index in [9.17, 15) is 18.0 Å². The predicted octanol–water partition coefficient (Wildman–Crippen LogP) is 3.49. The Labute approximate surface area is 110 Å². The minimum absolute atomic E-state index is 0.164. The van der Waals surface area contributed by atoms with Gasteiger partial charge in [-0.3, -0.25) is 4.79 Å². The lowest BCUT2D eigenvalue weighted by Gasteiger charge is -2.14. The Morgan fingerprint density at radius 3 is 2.67 bits per heavy atom. The maximum atomic E-state index is 12.2. The molecule has 7 heteroatoms. The predicted molar refractivity (Wildman–Crippen MR) is 63.4 cm³/mol. The molecule has 0 radical (unpaired) electrons. The molecule has 1 aromatic carbocycles. The second kappa shape index (κ2) is 6.08. The maximum Gasteiger partial charge on any atom is 0.573 e. The number of rotatable bonds is 4. The van der Waals surface area contributed by atoms with Crippen LogP contribution in [0, 0.1) is 0 Å². The van der Waals surface area contributed by atoms with Crippen LogP contribution in [0.3, 0.4) is 0 Å². The maximum absolute atomic E-state index is 12.2. The van der Waals surface area contributed by atoms with Crippen LogP contribution >= 0.6 is 15.9 Å². The largest absolute Gasteiger partial charge is 0.573 e. The molecular formula is C11H11BrF3NO2. The van der Waals surface area contributed by atoms with Gasteiger partial charge in [-0.05, 0) is 34.5 Å². The molecule has 0 saturated carbocycles. The Balaban J connectivity index is 3.04. The first-order valence-electron chi connectivity index (χ1n) is 5.17. The molecule has 0 aliphatic heterocycles. The second-order valence-electron chi connectivity index (χ2n) is 3.42. The zero-order chi connectivity index (χ0) is 13.8. The summed E-state index contributed by atoms with van der Waals surface area (Å²) in [4.78, 5) is 11.7. The molecule has 1 amide bonds. The number of carbonyl (C=O) groups is 1. The summed E-state index contributed by atoms with van der Waals surface area (Å²) in [6, 6.07) is 3.94. The molecule has 0 saturated heterocycles. The highest BCUT2D eigenvalue weighted by Crippen LogP contribution is 2.31. The highest BCUT2D eigenvalue weighted by Gasteiger charge is 2.33. The molecule has 0 spiro atoms. The van der Waals surface area contributed by atoms with Crippen LogP contribution < -0.4 is 10.1 Å². The number of amides is 1. The molecule has 0 bridgehead atoms. The van der Waals surface area contributed by atoms with Crippen LogP contribution in [0.15, 0.2) is 22.7 Å². The zero-order valence-corrected chi connectivity index (χ0v) is 11.1. The fourth-order valence-electron chi connectivity index (χ4n) is 1.26. The molecule has 18 heavy (non-hydrogen) atoms. The second-order valence-corrected chi connectivity index (χ2v) is 4.27. The minimum atomic E-state index is -4.83. The first-order chi connectivity index (χ1) is 8.35. The van der Waals surface area contributed by atoms with Gasteiger partial charge in [-0.2, -0.15) is 0 Å². The van der Waals surface area contributed by atoms with Crippen molar-refractivity contribution in [1.82, 2.24) is 5.32 Å². The highest BCUT2D eigenvalue weighted by atomic mass is 79.9. The molecule has 1 aromatic rings. The van der Waals surface area contributed by atoms with Gasteiger partial charge < -0.3 is 10.1 Å². The smallest absolute Gasteiger partial charge is 0.405 e. The van der Waals surface area contributed by atoms with Crippen molar-refractivity contribution in [2.45, 2.75) is 19.7 Å². The van der Waals surface area contributed by atoms with Crippen LogP contribution in [-0.4, -0.2) is 18.8 Å². The molecular weight excluding hydrogens is 315 g/mol. The number of carbonyl (C=O) groups excluding carboxylic acids is 1. The monoisotopic (exact) mass is 325 g/mol. The van der Waals surface area contributed by atoms with Crippen molar-refractivity contribution in [2.24, 2.45) is 0 Å². The van der Waals surface area contributed by atoms with Crippen molar-refractivity contribution in [3.63, 3.8) is 0 Å². The van der Waals surface area contributed by atoms with E-state index in [1.54, 1.807) is 0 Å². The Bertz CT molecular complexity index is 435. The number of ether oxygens (including phenoxy) is 1. The fraction of sp³-hybridized carbons (Fsp3) is 0.364. The van der Waals surface area contributed by atoms with Gasteiger partial charge in [0.2, 0.25) is 0 Å². The summed E-state index contributed by atoms with van der Waals surface area (Å²) < 4.78 is 40.7. The first-order valence-corrected chi connectivity index (χ1v) is 5.97. The van der Waals surface area contributed by atoms with Crippen molar-refractivity contribution in [3.8, 4) is 5.75 Å². The summed E-state index contributed by atoms with van der Waals surface area (Å²) >= 11 is 3.04. The van der Waals surface area contributed by atoms with E-state index >= 15 is 0 Å². The number of hydrogen-bond donors (Lipinski definition) is 1. The summed E-state index contributed by atoms with van der Waals surface area (Å²) in [7, 11) is 0. The van der Waals surface area contributed by atoms with E-state index < -0.39 is 18.0 Å². The molecule has 1 N–H and O–H groups in total. The van der Waals surface area contributed by atoms with Crippen LogP contribution in [0.4, 0.5) is 13.2 Å². The van der Waals surface area contributed by atoms with E-state index in [0.717, 1.165) is 6.07 Å². The van der Waals surface area contributed by atoms with E-state index in [-0.39, 0.29) is 10.0 Å². The summed E-state index contributed by atoms with van der Waals surface area (Å²) in [5, 5.41) is 2.50. The Morgan fingerprint density at radius 2 is 2.11 bits per heavy atom. The standard InChI is InChI=1S/C11H11BrF3NO2/c1-2-6-16-10(17)9-7(12)4-3-5-8(9)18-11(13,14)15/h3-5H,2,6H2,1H3,(H,16,17). The van der Waals surface area contributed by atoms with Crippen molar-refractivity contribution < 1.29 is 22.7 Å². The molecule has 1 rings (SSSR count). The summed E-state index contributed by atoms with van der Waals surface area (Å²) in [5.41, 5.74) is -0.164. The quantitative estimate of drug-likeness (QED) is 0.920. The number of hydrogen-bond acceptors (Lipinski definition) is 2. The van der Waals surface area contributed by atoms with Crippen LogP contribution in [0.25, 0.3) is 0 Å². The third kappa shape index (κ3) is 4.21. The number of benzene rings is 1.